The minimum atomic E-state index is -3.44. The largest absolute Gasteiger partial charge is 0.444 e. The van der Waals surface area contributed by atoms with E-state index >= 15 is 0 Å². The number of rotatable bonds is 5. The van der Waals surface area contributed by atoms with Gasteiger partial charge in [0.2, 0.25) is 15.9 Å². The Bertz CT molecular complexity index is 565. The molecule has 1 aliphatic heterocycles. The average molecular weight is 299 g/mol. The van der Waals surface area contributed by atoms with E-state index in [0.717, 1.165) is 31.6 Å². The second-order valence-electron chi connectivity index (χ2n) is 5.88. The number of nitrogens with zero attached hydrogens (tertiary/aromatic N) is 2. The molecule has 20 heavy (non-hydrogen) atoms. The van der Waals surface area contributed by atoms with Crippen LogP contribution in [-0.4, -0.2) is 36.6 Å². The first-order chi connectivity index (χ1) is 9.51. The van der Waals surface area contributed by atoms with Gasteiger partial charge in [-0.3, -0.25) is 4.90 Å². The number of hydrogen-bond acceptors (Lipinski definition) is 5. The fraction of sp³-hybridized carbons (Fsp3) is 0.769. The molecule has 1 aromatic rings. The van der Waals surface area contributed by atoms with Gasteiger partial charge in [-0.2, -0.15) is 0 Å². The summed E-state index contributed by atoms with van der Waals surface area (Å²) in [6.45, 7) is 1.45. The summed E-state index contributed by atoms with van der Waals surface area (Å²) in [6, 6.07) is -0.0185. The number of primary sulfonamides is 1. The topological polar surface area (TPSA) is 89.4 Å². The molecule has 2 N–H and O–H groups in total. The van der Waals surface area contributed by atoms with Crippen LogP contribution in [0.15, 0.2) is 10.6 Å². The molecule has 7 heteroatoms. The van der Waals surface area contributed by atoms with Crippen molar-refractivity contribution >= 4 is 10.0 Å². The van der Waals surface area contributed by atoms with E-state index in [0.29, 0.717) is 18.4 Å². The van der Waals surface area contributed by atoms with Gasteiger partial charge in [0.25, 0.3) is 0 Å². The normalized spacial score (nSPS) is 24.9. The Morgan fingerprint density at radius 2 is 2.15 bits per heavy atom. The molecule has 2 heterocycles. The molecule has 112 valence electrons. The van der Waals surface area contributed by atoms with Crippen LogP contribution in [-0.2, 0) is 16.6 Å². The second-order valence-corrected chi connectivity index (χ2v) is 7.54. The third kappa shape index (κ3) is 3.59. The standard InChI is InChI=1S/C13H21N3O3S/c14-20(17,18)9-11-3-1-2-6-16(11)8-13-15-7-12(19-13)10-4-5-10/h7,10-11H,1-6,8-9H2,(H2,14,17,18). The van der Waals surface area contributed by atoms with E-state index < -0.39 is 10.0 Å². The van der Waals surface area contributed by atoms with E-state index in [2.05, 4.69) is 9.88 Å². The zero-order chi connectivity index (χ0) is 14.2. The van der Waals surface area contributed by atoms with Gasteiger partial charge in [-0.05, 0) is 32.2 Å². The van der Waals surface area contributed by atoms with Crippen molar-refractivity contribution < 1.29 is 12.8 Å². The van der Waals surface area contributed by atoms with E-state index in [4.69, 9.17) is 9.56 Å². The van der Waals surface area contributed by atoms with Crippen LogP contribution in [0.2, 0.25) is 0 Å². The third-order valence-corrected chi connectivity index (χ3v) is 4.91. The Labute approximate surface area is 119 Å². The summed E-state index contributed by atoms with van der Waals surface area (Å²) < 4.78 is 28.4. The summed E-state index contributed by atoms with van der Waals surface area (Å²) in [7, 11) is -3.44. The lowest BCUT2D eigenvalue weighted by Gasteiger charge is -2.34. The maximum Gasteiger partial charge on any atom is 0.210 e. The Balaban J connectivity index is 1.66. The molecule has 2 aliphatic rings. The molecule has 1 unspecified atom stereocenters. The summed E-state index contributed by atoms with van der Waals surface area (Å²) >= 11 is 0. The summed E-state index contributed by atoms with van der Waals surface area (Å²) in [5.41, 5.74) is 0. The highest BCUT2D eigenvalue weighted by molar-refractivity contribution is 7.89. The fourth-order valence-corrected chi connectivity index (χ4v) is 3.77. The number of likely N-dealkylation sites (tertiary alicyclic amines) is 1. The molecule has 1 saturated heterocycles. The van der Waals surface area contributed by atoms with Gasteiger partial charge in [-0.15, -0.1) is 0 Å². The first kappa shape index (κ1) is 14.0. The third-order valence-electron chi connectivity index (χ3n) is 4.06. The monoisotopic (exact) mass is 299 g/mol. The lowest BCUT2D eigenvalue weighted by atomic mass is 10.0. The molecular weight excluding hydrogens is 278 g/mol. The Morgan fingerprint density at radius 1 is 1.35 bits per heavy atom. The molecular formula is C13H21N3O3S. The van der Waals surface area contributed by atoms with Gasteiger partial charge in [-0.1, -0.05) is 6.42 Å². The van der Waals surface area contributed by atoms with E-state index in [1.165, 1.54) is 12.8 Å². The van der Waals surface area contributed by atoms with E-state index in [9.17, 15) is 8.42 Å². The zero-order valence-corrected chi connectivity index (χ0v) is 12.3. The molecule has 1 aromatic heterocycles. The molecule has 3 rings (SSSR count). The summed E-state index contributed by atoms with van der Waals surface area (Å²) in [4.78, 5) is 6.45. The van der Waals surface area contributed by atoms with Crippen molar-refractivity contribution in [2.75, 3.05) is 12.3 Å². The van der Waals surface area contributed by atoms with Crippen LogP contribution in [0.1, 0.15) is 49.7 Å². The first-order valence-electron chi connectivity index (χ1n) is 7.20. The molecule has 0 aromatic carbocycles. The van der Waals surface area contributed by atoms with Crippen LogP contribution in [0.4, 0.5) is 0 Å². The summed E-state index contributed by atoms with van der Waals surface area (Å²) in [5.74, 6) is 2.23. The van der Waals surface area contributed by atoms with Crippen molar-refractivity contribution in [2.45, 2.75) is 50.6 Å². The smallest absolute Gasteiger partial charge is 0.210 e. The van der Waals surface area contributed by atoms with Gasteiger partial charge in [-0.25, -0.2) is 18.5 Å². The molecule has 1 atom stereocenters. The van der Waals surface area contributed by atoms with Gasteiger partial charge < -0.3 is 4.42 Å². The number of piperidine rings is 1. The second kappa shape index (κ2) is 5.46. The van der Waals surface area contributed by atoms with Crippen LogP contribution in [0.5, 0.6) is 0 Å². The SMILES string of the molecule is NS(=O)(=O)CC1CCCCN1Cc1ncc(C2CC2)o1. The van der Waals surface area contributed by atoms with Gasteiger partial charge in [0.1, 0.15) is 5.76 Å². The summed E-state index contributed by atoms with van der Waals surface area (Å²) in [5, 5.41) is 5.18. The van der Waals surface area contributed by atoms with Gasteiger partial charge in [0, 0.05) is 12.0 Å². The van der Waals surface area contributed by atoms with Crippen LogP contribution in [0, 0.1) is 0 Å². The van der Waals surface area contributed by atoms with E-state index in [1.54, 1.807) is 0 Å². The first-order valence-corrected chi connectivity index (χ1v) is 8.92. The van der Waals surface area contributed by atoms with Crippen molar-refractivity contribution in [3.8, 4) is 0 Å². The number of hydrogen-bond donors (Lipinski definition) is 1. The lowest BCUT2D eigenvalue weighted by molar-refractivity contribution is 0.140. The van der Waals surface area contributed by atoms with Gasteiger partial charge in [0.05, 0.1) is 18.5 Å². The van der Waals surface area contributed by atoms with Crippen molar-refractivity contribution in [3.05, 3.63) is 17.8 Å². The van der Waals surface area contributed by atoms with Crippen molar-refractivity contribution in [1.82, 2.24) is 9.88 Å². The van der Waals surface area contributed by atoms with E-state index in [-0.39, 0.29) is 11.8 Å². The van der Waals surface area contributed by atoms with E-state index in [1.807, 2.05) is 6.20 Å². The highest BCUT2D eigenvalue weighted by Crippen LogP contribution is 2.40. The molecule has 0 amide bonds. The molecule has 6 nitrogen and oxygen atoms in total. The predicted molar refractivity (Wildman–Crippen MR) is 74.5 cm³/mol. The van der Waals surface area contributed by atoms with Crippen molar-refractivity contribution in [1.29, 1.82) is 0 Å². The summed E-state index contributed by atoms with van der Waals surface area (Å²) in [6.07, 6.45) is 7.18. The minimum absolute atomic E-state index is 0.0171. The Kier molecular flexibility index (Phi) is 3.83. The maximum absolute atomic E-state index is 11.3. The Morgan fingerprint density at radius 3 is 2.85 bits per heavy atom. The minimum Gasteiger partial charge on any atom is -0.444 e. The quantitative estimate of drug-likeness (QED) is 0.882. The molecule has 0 radical (unpaired) electrons. The lowest BCUT2D eigenvalue weighted by Crippen LogP contribution is -2.44. The molecule has 0 bridgehead atoms. The molecule has 2 fully saturated rings. The van der Waals surface area contributed by atoms with Gasteiger partial charge in [0.15, 0.2) is 0 Å². The molecule has 0 spiro atoms. The highest BCUT2D eigenvalue weighted by Gasteiger charge is 2.30. The van der Waals surface area contributed by atoms with Gasteiger partial charge >= 0.3 is 0 Å². The van der Waals surface area contributed by atoms with Crippen LogP contribution < -0.4 is 5.14 Å². The fourth-order valence-electron chi connectivity index (χ4n) is 2.85. The van der Waals surface area contributed by atoms with Crippen LogP contribution in [0.3, 0.4) is 0 Å². The number of sulfonamides is 1. The highest BCUT2D eigenvalue weighted by atomic mass is 32.2. The molecule has 1 aliphatic carbocycles. The van der Waals surface area contributed by atoms with Crippen molar-refractivity contribution in [2.24, 2.45) is 5.14 Å². The molecule has 1 saturated carbocycles. The number of nitrogens with two attached hydrogens (primary N) is 1. The number of aromatic nitrogens is 1. The average Bonchev–Trinajstić information content (AvgIpc) is 3.11. The predicted octanol–water partition coefficient (Wildman–Crippen LogP) is 1.20. The Hall–Kier alpha value is -0.920. The zero-order valence-electron chi connectivity index (χ0n) is 11.5. The number of oxazole rings is 1. The maximum atomic E-state index is 11.3. The van der Waals surface area contributed by atoms with Crippen LogP contribution >= 0.6 is 0 Å². The van der Waals surface area contributed by atoms with Crippen LogP contribution in [0.25, 0.3) is 0 Å². The van der Waals surface area contributed by atoms with Crippen molar-refractivity contribution in [3.63, 3.8) is 0 Å².